The zero-order chi connectivity index (χ0) is 11.8. The standard InChI is InChI=1S/C14H19NO2/c1-3-16-13-7-10-6-9(2)17-14(10)12-8-15-5-4-11(12)13/h7,9,15H,3-6,8H2,1-2H3. The monoisotopic (exact) mass is 233 g/mol. The van der Waals surface area contributed by atoms with Gasteiger partial charge in [-0.15, -0.1) is 0 Å². The van der Waals surface area contributed by atoms with Crippen LogP contribution in [-0.2, 0) is 19.4 Å². The normalized spacial score (nSPS) is 21.6. The minimum Gasteiger partial charge on any atom is -0.494 e. The van der Waals surface area contributed by atoms with Crippen molar-refractivity contribution in [3.8, 4) is 11.5 Å². The third kappa shape index (κ3) is 1.78. The van der Waals surface area contributed by atoms with Crippen molar-refractivity contribution in [2.24, 2.45) is 0 Å². The van der Waals surface area contributed by atoms with Gasteiger partial charge in [-0.25, -0.2) is 0 Å². The first-order valence-electron chi connectivity index (χ1n) is 6.47. The van der Waals surface area contributed by atoms with Gasteiger partial charge in [0.1, 0.15) is 17.6 Å². The van der Waals surface area contributed by atoms with E-state index in [2.05, 4.69) is 18.3 Å². The van der Waals surface area contributed by atoms with E-state index in [1.54, 1.807) is 0 Å². The molecular weight excluding hydrogens is 214 g/mol. The SMILES string of the molecule is CCOc1cc2c(c3c1CCNC3)OC(C)C2. The van der Waals surface area contributed by atoms with Gasteiger partial charge in [0.15, 0.2) is 0 Å². The van der Waals surface area contributed by atoms with Crippen LogP contribution in [0.1, 0.15) is 30.5 Å². The molecule has 2 heterocycles. The van der Waals surface area contributed by atoms with Gasteiger partial charge in [0.2, 0.25) is 0 Å². The van der Waals surface area contributed by atoms with Crippen LogP contribution in [0.25, 0.3) is 0 Å². The summed E-state index contributed by atoms with van der Waals surface area (Å²) in [4.78, 5) is 0. The lowest BCUT2D eigenvalue weighted by Crippen LogP contribution is -2.25. The van der Waals surface area contributed by atoms with Crippen LogP contribution in [-0.4, -0.2) is 19.3 Å². The molecular formula is C14H19NO2. The van der Waals surface area contributed by atoms with E-state index in [9.17, 15) is 0 Å². The molecule has 1 N–H and O–H groups in total. The van der Waals surface area contributed by atoms with E-state index >= 15 is 0 Å². The minimum absolute atomic E-state index is 0.299. The van der Waals surface area contributed by atoms with Gasteiger partial charge in [0, 0.05) is 29.7 Å². The number of fused-ring (bicyclic) bond motifs is 3. The van der Waals surface area contributed by atoms with Crippen molar-refractivity contribution in [2.75, 3.05) is 13.2 Å². The molecule has 1 unspecified atom stereocenters. The van der Waals surface area contributed by atoms with Gasteiger partial charge in [-0.2, -0.15) is 0 Å². The Hall–Kier alpha value is -1.22. The maximum absolute atomic E-state index is 5.94. The highest BCUT2D eigenvalue weighted by atomic mass is 16.5. The predicted molar refractivity (Wildman–Crippen MR) is 66.8 cm³/mol. The first-order chi connectivity index (χ1) is 8.29. The molecule has 0 radical (unpaired) electrons. The van der Waals surface area contributed by atoms with E-state index in [4.69, 9.17) is 9.47 Å². The molecule has 0 saturated carbocycles. The first kappa shape index (κ1) is 10.9. The molecule has 2 aliphatic heterocycles. The second-order valence-corrected chi connectivity index (χ2v) is 4.81. The molecule has 0 spiro atoms. The smallest absolute Gasteiger partial charge is 0.128 e. The Balaban J connectivity index is 2.11. The highest BCUT2D eigenvalue weighted by Crippen LogP contribution is 2.40. The summed E-state index contributed by atoms with van der Waals surface area (Å²) in [5, 5.41) is 3.42. The Morgan fingerprint density at radius 1 is 1.47 bits per heavy atom. The summed E-state index contributed by atoms with van der Waals surface area (Å²) >= 11 is 0. The fourth-order valence-corrected chi connectivity index (χ4v) is 2.81. The summed E-state index contributed by atoms with van der Waals surface area (Å²) in [7, 11) is 0. The van der Waals surface area contributed by atoms with Crippen LogP contribution in [0.3, 0.4) is 0 Å². The predicted octanol–water partition coefficient (Wildman–Crippen LogP) is 2.05. The fraction of sp³-hybridized carbons (Fsp3) is 0.571. The van der Waals surface area contributed by atoms with E-state index in [0.717, 1.165) is 44.0 Å². The summed E-state index contributed by atoms with van der Waals surface area (Å²) < 4.78 is 11.7. The van der Waals surface area contributed by atoms with Crippen molar-refractivity contribution in [3.05, 3.63) is 22.8 Å². The van der Waals surface area contributed by atoms with Crippen molar-refractivity contribution < 1.29 is 9.47 Å². The summed E-state index contributed by atoms with van der Waals surface area (Å²) in [6.45, 7) is 6.84. The van der Waals surface area contributed by atoms with E-state index in [1.807, 2.05) is 6.92 Å². The average molecular weight is 233 g/mol. The molecule has 1 aromatic carbocycles. The number of benzene rings is 1. The molecule has 1 aromatic rings. The van der Waals surface area contributed by atoms with Gasteiger partial charge in [0.25, 0.3) is 0 Å². The lowest BCUT2D eigenvalue weighted by molar-refractivity contribution is 0.251. The maximum atomic E-state index is 5.94. The Kier molecular flexibility index (Phi) is 2.71. The second-order valence-electron chi connectivity index (χ2n) is 4.81. The average Bonchev–Trinajstić information content (AvgIpc) is 2.70. The molecule has 3 nitrogen and oxygen atoms in total. The zero-order valence-electron chi connectivity index (χ0n) is 10.5. The summed E-state index contributed by atoms with van der Waals surface area (Å²) in [6.07, 6.45) is 2.34. The van der Waals surface area contributed by atoms with Gasteiger partial charge >= 0.3 is 0 Å². The lowest BCUT2D eigenvalue weighted by atomic mass is 9.95. The molecule has 0 fully saturated rings. The number of hydrogen-bond donors (Lipinski definition) is 1. The molecule has 0 bridgehead atoms. The molecule has 92 valence electrons. The summed E-state index contributed by atoms with van der Waals surface area (Å²) in [5.74, 6) is 2.18. The Labute approximate surface area is 102 Å². The van der Waals surface area contributed by atoms with Gasteiger partial charge in [-0.1, -0.05) is 0 Å². The second kappa shape index (κ2) is 4.22. The molecule has 2 aliphatic rings. The topological polar surface area (TPSA) is 30.5 Å². The minimum atomic E-state index is 0.299. The summed E-state index contributed by atoms with van der Waals surface area (Å²) in [5.41, 5.74) is 3.98. The molecule has 0 aromatic heterocycles. The van der Waals surface area contributed by atoms with Crippen LogP contribution in [0.15, 0.2) is 6.07 Å². The Bertz CT molecular complexity index is 442. The number of nitrogens with one attached hydrogen (secondary N) is 1. The van der Waals surface area contributed by atoms with E-state index in [0.29, 0.717) is 6.10 Å². The zero-order valence-corrected chi connectivity index (χ0v) is 10.5. The van der Waals surface area contributed by atoms with Crippen LogP contribution in [0.2, 0.25) is 0 Å². The van der Waals surface area contributed by atoms with Crippen molar-refractivity contribution in [1.29, 1.82) is 0 Å². The van der Waals surface area contributed by atoms with E-state index in [-0.39, 0.29) is 0 Å². The number of hydrogen-bond acceptors (Lipinski definition) is 3. The quantitative estimate of drug-likeness (QED) is 0.848. The molecule has 17 heavy (non-hydrogen) atoms. The van der Waals surface area contributed by atoms with E-state index in [1.165, 1.54) is 16.7 Å². The third-order valence-electron chi connectivity index (χ3n) is 3.51. The van der Waals surface area contributed by atoms with Crippen LogP contribution < -0.4 is 14.8 Å². The lowest BCUT2D eigenvalue weighted by Gasteiger charge is -2.23. The Morgan fingerprint density at radius 2 is 2.35 bits per heavy atom. The van der Waals surface area contributed by atoms with Crippen molar-refractivity contribution in [2.45, 2.75) is 39.3 Å². The van der Waals surface area contributed by atoms with Crippen molar-refractivity contribution >= 4 is 0 Å². The molecule has 0 amide bonds. The van der Waals surface area contributed by atoms with Crippen LogP contribution >= 0.6 is 0 Å². The van der Waals surface area contributed by atoms with Gasteiger partial charge in [-0.3, -0.25) is 0 Å². The Morgan fingerprint density at radius 3 is 3.18 bits per heavy atom. The van der Waals surface area contributed by atoms with Crippen molar-refractivity contribution in [1.82, 2.24) is 5.32 Å². The van der Waals surface area contributed by atoms with Crippen molar-refractivity contribution in [3.63, 3.8) is 0 Å². The van der Waals surface area contributed by atoms with Crippen LogP contribution in [0.5, 0.6) is 11.5 Å². The first-order valence-corrected chi connectivity index (χ1v) is 6.47. The molecule has 3 heteroatoms. The number of ether oxygens (including phenoxy) is 2. The highest BCUT2D eigenvalue weighted by Gasteiger charge is 2.28. The van der Waals surface area contributed by atoms with Crippen LogP contribution in [0, 0.1) is 0 Å². The highest BCUT2D eigenvalue weighted by molar-refractivity contribution is 5.56. The summed E-state index contributed by atoms with van der Waals surface area (Å²) in [6, 6.07) is 2.19. The van der Waals surface area contributed by atoms with Gasteiger partial charge in [0.05, 0.1) is 6.61 Å². The van der Waals surface area contributed by atoms with Gasteiger partial charge < -0.3 is 14.8 Å². The molecule has 3 rings (SSSR count). The molecule has 0 aliphatic carbocycles. The molecule has 1 atom stereocenters. The van der Waals surface area contributed by atoms with Crippen LogP contribution in [0.4, 0.5) is 0 Å². The third-order valence-corrected chi connectivity index (χ3v) is 3.51. The largest absolute Gasteiger partial charge is 0.494 e. The maximum Gasteiger partial charge on any atom is 0.128 e. The van der Waals surface area contributed by atoms with E-state index < -0.39 is 0 Å². The fourth-order valence-electron chi connectivity index (χ4n) is 2.81. The number of rotatable bonds is 2. The molecule has 0 saturated heterocycles. The van der Waals surface area contributed by atoms with Gasteiger partial charge in [-0.05, 0) is 32.9 Å².